The van der Waals surface area contributed by atoms with E-state index < -0.39 is 0 Å². The van der Waals surface area contributed by atoms with Crippen LogP contribution in [0.15, 0.2) is 21.9 Å². The second-order valence-corrected chi connectivity index (χ2v) is 7.34. The molecule has 0 atom stereocenters. The van der Waals surface area contributed by atoms with Crippen molar-refractivity contribution in [1.82, 2.24) is 15.2 Å². The number of hydrogen-bond donors (Lipinski definition) is 2. The Morgan fingerprint density at radius 2 is 2.00 bits per heavy atom. The fraction of sp³-hybridized carbons (Fsp3) is 0.444. The van der Waals surface area contributed by atoms with Crippen molar-refractivity contribution >= 4 is 34.2 Å². The summed E-state index contributed by atoms with van der Waals surface area (Å²) >= 11 is 1.33. The standard InChI is InChI=1S/C18H22N4O4S/c1-11(23)19-9-14-3-4-16(26-14)15-10-27-18(20-15)21-17(25)13-5-7-22(8-6-13)12(2)24/h3-4,10,13H,5-9H2,1-2H3,(H,19,23)(H,20,21,25). The number of thiazole rings is 1. The predicted octanol–water partition coefficient (Wildman–Crippen LogP) is 2.24. The summed E-state index contributed by atoms with van der Waals surface area (Å²) in [6, 6.07) is 3.57. The number of nitrogens with one attached hydrogen (secondary N) is 2. The summed E-state index contributed by atoms with van der Waals surface area (Å²) in [5, 5.41) is 7.86. The maximum Gasteiger partial charge on any atom is 0.229 e. The van der Waals surface area contributed by atoms with Crippen molar-refractivity contribution in [2.24, 2.45) is 5.92 Å². The average Bonchev–Trinajstić information content (AvgIpc) is 3.29. The molecule has 0 saturated carbocycles. The normalized spacial score (nSPS) is 14.8. The number of rotatable bonds is 5. The number of furan rings is 1. The van der Waals surface area contributed by atoms with E-state index in [1.54, 1.807) is 24.0 Å². The van der Waals surface area contributed by atoms with Gasteiger partial charge in [-0.15, -0.1) is 11.3 Å². The number of aromatic nitrogens is 1. The number of carbonyl (C=O) groups is 3. The molecule has 0 bridgehead atoms. The van der Waals surface area contributed by atoms with Crippen molar-refractivity contribution in [3.8, 4) is 11.5 Å². The van der Waals surface area contributed by atoms with Crippen LogP contribution in [-0.2, 0) is 20.9 Å². The van der Waals surface area contributed by atoms with Crippen LogP contribution in [0.5, 0.6) is 0 Å². The maximum absolute atomic E-state index is 12.4. The van der Waals surface area contributed by atoms with Crippen molar-refractivity contribution < 1.29 is 18.8 Å². The zero-order chi connectivity index (χ0) is 19.4. The molecule has 8 nitrogen and oxygen atoms in total. The highest BCUT2D eigenvalue weighted by Crippen LogP contribution is 2.27. The van der Waals surface area contributed by atoms with Gasteiger partial charge in [-0.3, -0.25) is 14.4 Å². The van der Waals surface area contributed by atoms with Crippen LogP contribution in [0, 0.1) is 5.92 Å². The molecule has 1 fully saturated rings. The van der Waals surface area contributed by atoms with E-state index in [2.05, 4.69) is 15.6 Å². The molecule has 0 unspecified atom stereocenters. The van der Waals surface area contributed by atoms with E-state index in [1.165, 1.54) is 18.3 Å². The van der Waals surface area contributed by atoms with E-state index in [4.69, 9.17) is 4.42 Å². The molecule has 0 radical (unpaired) electrons. The summed E-state index contributed by atoms with van der Waals surface area (Å²) < 4.78 is 5.67. The van der Waals surface area contributed by atoms with Crippen LogP contribution in [0.25, 0.3) is 11.5 Å². The van der Waals surface area contributed by atoms with Crippen LogP contribution in [0.4, 0.5) is 5.13 Å². The lowest BCUT2D eigenvalue weighted by Crippen LogP contribution is -2.40. The van der Waals surface area contributed by atoms with Gasteiger partial charge in [0, 0.05) is 38.2 Å². The summed E-state index contributed by atoms with van der Waals surface area (Å²) in [5.41, 5.74) is 0.635. The van der Waals surface area contributed by atoms with E-state index in [0.717, 1.165) is 0 Å². The largest absolute Gasteiger partial charge is 0.458 e. The first kappa shape index (κ1) is 19.1. The number of amides is 3. The summed E-state index contributed by atoms with van der Waals surface area (Å²) in [4.78, 5) is 40.9. The number of likely N-dealkylation sites (tertiary alicyclic amines) is 1. The molecule has 1 saturated heterocycles. The molecule has 0 spiro atoms. The number of carbonyl (C=O) groups excluding carboxylic acids is 3. The van der Waals surface area contributed by atoms with Gasteiger partial charge in [-0.1, -0.05) is 0 Å². The van der Waals surface area contributed by atoms with E-state index >= 15 is 0 Å². The van der Waals surface area contributed by atoms with Crippen LogP contribution in [0.1, 0.15) is 32.4 Å². The minimum atomic E-state index is -0.124. The quantitative estimate of drug-likeness (QED) is 0.815. The van der Waals surface area contributed by atoms with Crippen molar-refractivity contribution in [1.29, 1.82) is 0 Å². The maximum atomic E-state index is 12.4. The Hall–Kier alpha value is -2.68. The lowest BCUT2D eigenvalue weighted by Gasteiger charge is -2.30. The van der Waals surface area contributed by atoms with Crippen molar-refractivity contribution in [2.75, 3.05) is 18.4 Å². The number of anilines is 1. The van der Waals surface area contributed by atoms with Crippen LogP contribution in [0.3, 0.4) is 0 Å². The molecular weight excluding hydrogens is 368 g/mol. The Morgan fingerprint density at radius 3 is 2.67 bits per heavy atom. The van der Waals surface area contributed by atoms with Gasteiger partial charge in [0.15, 0.2) is 10.9 Å². The van der Waals surface area contributed by atoms with Gasteiger partial charge >= 0.3 is 0 Å². The molecule has 1 aliphatic heterocycles. The minimum Gasteiger partial charge on any atom is -0.458 e. The third kappa shape index (κ3) is 4.94. The van der Waals surface area contributed by atoms with E-state index in [0.29, 0.717) is 54.8 Å². The van der Waals surface area contributed by atoms with Gasteiger partial charge in [0.2, 0.25) is 17.7 Å². The summed E-state index contributed by atoms with van der Waals surface area (Å²) in [6.45, 7) is 4.54. The van der Waals surface area contributed by atoms with Gasteiger partial charge in [-0.05, 0) is 25.0 Å². The van der Waals surface area contributed by atoms with Crippen molar-refractivity contribution in [2.45, 2.75) is 33.2 Å². The zero-order valence-electron chi connectivity index (χ0n) is 15.3. The molecule has 2 N–H and O–H groups in total. The fourth-order valence-corrected chi connectivity index (χ4v) is 3.63. The number of piperidine rings is 1. The highest BCUT2D eigenvalue weighted by Gasteiger charge is 2.26. The summed E-state index contributed by atoms with van der Waals surface area (Å²) in [5.74, 6) is 0.971. The van der Waals surface area contributed by atoms with Crippen LogP contribution in [0.2, 0.25) is 0 Å². The molecule has 0 aliphatic carbocycles. The number of nitrogens with zero attached hydrogens (tertiary/aromatic N) is 2. The fourth-order valence-electron chi connectivity index (χ4n) is 2.93. The Kier molecular flexibility index (Phi) is 5.90. The smallest absolute Gasteiger partial charge is 0.229 e. The molecular formula is C18H22N4O4S. The van der Waals surface area contributed by atoms with Gasteiger partial charge in [0.25, 0.3) is 0 Å². The zero-order valence-corrected chi connectivity index (χ0v) is 16.1. The molecule has 3 amide bonds. The Morgan fingerprint density at radius 1 is 1.26 bits per heavy atom. The van der Waals surface area contributed by atoms with Crippen molar-refractivity contribution in [3.63, 3.8) is 0 Å². The van der Waals surface area contributed by atoms with Crippen LogP contribution in [-0.4, -0.2) is 40.7 Å². The number of hydrogen-bond acceptors (Lipinski definition) is 6. The molecule has 1 aliphatic rings. The van der Waals surface area contributed by atoms with Crippen LogP contribution >= 0.6 is 11.3 Å². The summed E-state index contributed by atoms with van der Waals surface area (Å²) in [7, 11) is 0. The van der Waals surface area contributed by atoms with Gasteiger partial charge < -0.3 is 20.0 Å². The van der Waals surface area contributed by atoms with Crippen LogP contribution < -0.4 is 10.6 Å². The first-order valence-corrected chi connectivity index (χ1v) is 9.66. The van der Waals surface area contributed by atoms with E-state index in [9.17, 15) is 14.4 Å². The van der Waals surface area contributed by atoms with E-state index in [-0.39, 0.29) is 23.6 Å². The predicted molar refractivity (Wildman–Crippen MR) is 101 cm³/mol. The molecule has 0 aromatic carbocycles. The van der Waals surface area contributed by atoms with Gasteiger partial charge in [-0.25, -0.2) is 4.98 Å². The molecule has 2 aromatic heterocycles. The topological polar surface area (TPSA) is 105 Å². The molecule has 144 valence electrons. The Labute approximate surface area is 160 Å². The first-order chi connectivity index (χ1) is 12.9. The summed E-state index contributed by atoms with van der Waals surface area (Å²) in [6.07, 6.45) is 1.32. The van der Waals surface area contributed by atoms with Gasteiger partial charge in [-0.2, -0.15) is 0 Å². The first-order valence-electron chi connectivity index (χ1n) is 8.78. The second kappa shape index (κ2) is 8.34. The van der Waals surface area contributed by atoms with Gasteiger partial charge in [0.05, 0.1) is 6.54 Å². The van der Waals surface area contributed by atoms with Gasteiger partial charge in [0.1, 0.15) is 11.5 Å². The average molecular weight is 390 g/mol. The highest BCUT2D eigenvalue weighted by atomic mass is 32.1. The molecule has 3 rings (SSSR count). The highest BCUT2D eigenvalue weighted by molar-refractivity contribution is 7.14. The lowest BCUT2D eigenvalue weighted by atomic mass is 9.96. The molecule has 9 heteroatoms. The SMILES string of the molecule is CC(=O)NCc1ccc(-c2csc(NC(=O)C3CCN(C(C)=O)CC3)n2)o1. The monoisotopic (exact) mass is 390 g/mol. The Bertz CT molecular complexity index is 836. The second-order valence-electron chi connectivity index (χ2n) is 6.48. The third-order valence-electron chi connectivity index (χ3n) is 4.47. The van der Waals surface area contributed by atoms with E-state index in [1.807, 2.05) is 5.38 Å². The van der Waals surface area contributed by atoms with Crippen molar-refractivity contribution in [3.05, 3.63) is 23.3 Å². The molecule has 2 aromatic rings. The third-order valence-corrected chi connectivity index (χ3v) is 5.23. The minimum absolute atomic E-state index is 0.0507. The molecule has 3 heterocycles. The molecule has 27 heavy (non-hydrogen) atoms. The Balaban J connectivity index is 1.56. The lowest BCUT2D eigenvalue weighted by molar-refractivity contribution is -0.132.